The molecule has 1 aromatic carbocycles. The molecule has 0 heterocycles. The van der Waals surface area contributed by atoms with Gasteiger partial charge in [0.1, 0.15) is 18.0 Å². The number of hydrogen-bond donors (Lipinski definition) is 1. The number of ether oxygens (including phenoxy) is 2. The molecule has 3 unspecified atom stereocenters. The van der Waals surface area contributed by atoms with E-state index < -0.39 is 6.10 Å². The summed E-state index contributed by atoms with van der Waals surface area (Å²) in [5, 5.41) is 10.5. The SMILES string of the molecule is COC1C(O)CC1Oc1cc(Cl)ccc1Cl. The van der Waals surface area contributed by atoms with E-state index in [0.717, 1.165) is 0 Å². The first-order valence-electron chi connectivity index (χ1n) is 4.94. The Hall–Kier alpha value is -0.480. The molecule has 3 atom stereocenters. The van der Waals surface area contributed by atoms with E-state index in [1.807, 2.05) is 0 Å². The molecule has 0 aromatic heterocycles. The first kappa shape index (κ1) is 12.0. The molecule has 1 saturated carbocycles. The van der Waals surface area contributed by atoms with Gasteiger partial charge < -0.3 is 14.6 Å². The van der Waals surface area contributed by atoms with Crippen LogP contribution in [0.15, 0.2) is 18.2 Å². The number of benzene rings is 1. The Morgan fingerprint density at radius 1 is 1.38 bits per heavy atom. The van der Waals surface area contributed by atoms with Gasteiger partial charge in [-0.2, -0.15) is 0 Å². The number of halogens is 2. The lowest BCUT2D eigenvalue weighted by Crippen LogP contribution is -2.54. The molecular formula is C11H12Cl2O3. The van der Waals surface area contributed by atoms with Gasteiger partial charge >= 0.3 is 0 Å². The second-order valence-corrected chi connectivity index (χ2v) is 4.58. The van der Waals surface area contributed by atoms with Gasteiger partial charge in [0.05, 0.1) is 11.1 Å². The Kier molecular flexibility index (Phi) is 3.60. The second kappa shape index (κ2) is 4.80. The van der Waals surface area contributed by atoms with E-state index in [4.69, 9.17) is 32.7 Å². The Morgan fingerprint density at radius 2 is 2.12 bits per heavy atom. The standard InChI is InChI=1S/C11H12Cl2O3/c1-15-11-8(14)5-10(11)16-9-4-6(12)2-3-7(9)13/h2-4,8,10-11,14H,5H2,1H3. The molecule has 5 heteroatoms. The van der Waals surface area contributed by atoms with Crippen LogP contribution < -0.4 is 4.74 Å². The third-order valence-corrected chi connectivity index (χ3v) is 3.21. The first-order chi connectivity index (χ1) is 7.61. The van der Waals surface area contributed by atoms with Crippen molar-refractivity contribution in [1.29, 1.82) is 0 Å². The highest BCUT2D eigenvalue weighted by Gasteiger charge is 2.42. The van der Waals surface area contributed by atoms with Gasteiger partial charge in [-0.1, -0.05) is 23.2 Å². The maximum Gasteiger partial charge on any atom is 0.139 e. The molecule has 1 fully saturated rings. The van der Waals surface area contributed by atoms with Crippen LogP contribution in [0.3, 0.4) is 0 Å². The van der Waals surface area contributed by atoms with Crippen LogP contribution in [-0.4, -0.2) is 30.5 Å². The summed E-state index contributed by atoms with van der Waals surface area (Å²) < 4.78 is 10.7. The van der Waals surface area contributed by atoms with Crippen LogP contribution in [-0.2, 0) is 4.74 Å². The molecule has 3 nitrogen and oxygen atoms in total. The van der Waals surface area contributed by atoms with Crippen molar-refractivity contribution >= 4 is 23.2 Å². The Morgan fingerprint density at radius 3 is 2.75 bits per heavy atom. The summed E-state index contributed by atoms with van der Waals surface area (Å²) in [6.07, 6.45) is -0.389. The molecule has 0 amide bonds. The fourth-order valence-corrected chi connectivity index (χ4v) is 2.04. The van der Waals surface area contributed by atoms with E-state index in [0.29, 0.717) is 22.2 Å². The average Bonchev–Trinajstić information content (AvgIpc) is 2.23. The molecule has 0 aliphatic heterocycles. The smallest absolute Gasteiger partial charge is 0.139 e. The van der Waals surface area contributed by atoms with Gasteiger partial charge in [-0.15, -0.1) is 0 Å². The largest absolute Gasteiger partial charge is 0.486 e. The number of aliphatic hydroxyl groups is 1. The van der Waals surface area contributed by atoms with Crippen molar-refractivity contribution in [2.45, 2.75) is 24.7 Å². The van der Waals surface area contributed by atoms with E-state index in [9.17, 15) is 5.11 Å². The zero-order valence-electron chi connectivity index (χ0n) is 8.69. The minimum absolute atomic E-state index is 0.170. The summed E-state index contributed by atoms with van der Waals surface area (Å²) in [4.78, 5) is 0. The Balaban J connectivity index is 2.07. The van der Waals surface area contributed by atoms with Crippen molar-refractivity contribution in [1.82, 2.24) is 0 Å². The van der Waals surface area contributed by atoms with E-state index in [1.165, 1.54) is 0 Å². The van der Waals surface area contributed by atoms with Crippen LogP contribution in [0.25, 0.3) is 0 Å². The molecule has 1 aliphatic rings. The van der Waals surface area contributed by atoms with E-state index in [-0.39, 0.29) is 12.2 Å². The molecule has 0 saturated heterocycles. The third-order valence-electron chi connectivity index (χ3n) is 2.66. The molecule has 0 radical (unpaired) electrons. The molecule has 0 bridgehead atoms. The summed E-state index contributed by atoms with van der Waals surface area (Å²) >= 11 is 11.8. The van der Waals surface area contributed by atoms with Crippen molar-refractivity contribution in [3.05, 3.63) is 28.2 Å². The van der Waals surface area contributed by atoms with Crippen molar-refractivity contribution in [3.63, 3.8) is 0 Å². The minimum Gasteiger partial charge on any atom is -0.486 e. The topological polar surface area (TPSA) is 38.7 Å². The number of rotatable bonds is 3. The highest BCUT2D eigenvalue weighted by Crippen LogP contribution is 2.33. The lowest BCUT2D eigenvalue weighted by atomic mass is 9.88. The predicted molar refractivity (Wildman–Crippen MR) is 62.3 cm³/mol. The van der Waals surface area contributed by atoms with Gasteiger partial charge in [0.25, 0.3) is 0 Å². The van der Waals surface area contributed by atoms with Crippen LogP contribution >= 0.6 is 23.2 Å². The fraction of sp³-hybridized carbons (Fsp3) is 0.455. The second-order valence-electron chi connectivity index (χ2n) is 3.73. The van der Waals surface area contributed by atoms with Crippen molar-refractivity contribution < 1.29 is 14.6 Å². The van der Waals surface area contributed by atoms with Gasteiger partial charge in [-0.3, -0.25) is 0 Å². The van der Waals surface area contributed by atoms with Crippen LogP contribution in [0.5, 0.6) is 5.75 Å². The highest BCUT2D eigenvalue weighted by atomic mass is 35.5. The number of methoxy groups -OCH3 is 1. The molecular weight excluding hydrogens is 251 g/mol. The predicted octanol–water partition coefficient (Wildman–Crippen LogP) is 2.52. The maximum absolute atomic E-state index is 9.42. The lowest BCUT2D eigenvalue weighted by Gasteiger charge is -2.40. The van der Waals surface area contributed by atoms with Crippen molar-refractivity contribution in [2.24, 2.45) is 0 Å². The maximum atomic E-state index is 9.42. The summed E-state index contributed by atoms with van der Waals surface area (Å²) in [5.41, 5.74) is 0. The lowest BCUT2D eigenvalue weighted by molar-refractivity contribution is -0.149. The minimum atomic E-state index is -0.465. The van der Waals surface area contributed by atoms with Gasteiger partial charge in [0.2, 0.25) is 0 Å². The van der Waals surface area contributed by atoms with E-state index >= 15 is 0 Å². The van der Waals surface area contributed by atoms with Crippen LogP contribution in [0.4, 0.5) is 0 Å². The molecule has 1 aliphatic carbocycles. The van der Waals surface area contributed by atoms with Crippen LogP contribution in [0, 0.1) is 0 Å². The Labute approximate surface area is 104 Å². The van der Waals surface area contributed by atoms with Crippen molar-refractivity contribution in [2.75, 3.05) is 7.11 Å². The summed E-state index contributed by atoms with van der Waals surface area (Å²) in [6, 6.07) is 5.03. The monoisotopic (exact) mass is 262 g/mol. The highest BCUT2D eigenvalue weighted by molar-refractivity contribution is 6.34. The molecule has 16 heavy (non-hydrogen) atoms. The van der Waals surface area contributed by atoms with Crippen molar-refractivity contribution in [3.8, 4) is 5.75 Å². The zero-order valence-corrected chi connectivity index (χ0v) is 10.2. The fourth-order valence-electron chi connectivity index (χ4n) is 1.71. The third kappa shape index (κ3) is 2.28. The number of hydrogen-bond acceptors (Lipinski definition) is 3. The summed E-state index contributed by atoms with van der Waals surface area (Å²) in [6.45, 7) is 0. The van der Waals surface area contributed by atoms with Crippen LogP contribution in [0.1, 0.15) is 6.42 Å². The molecule has 1 N–H and O–H groups in total. The normalized spacial score (nSPS) is 28.6. The quantitative estimate of drug-likeness (QED) is 0.910. The Bertz CT molecular complexity index is 383. The van der Waals surface area contributed by atoms with Crippen LogP contribution in [0.2, 0.25) is 10.0 Å². The molecule has 0 spiro atoms. The molecule has 2 rings (SSSR count). The first-order valence-corrected chi connectivity index (χ1v) is 5.70. The van der Waals surface area contributed by atoms with E-state index in [1.54, 1.807) is 25.3 Å². The van der Waals surface area contributed by atoms with Gasteiger partial charge in [-0.25, -0.2) is 0 Å². The summed E-state index contributed by atoms with van der Waals surface area (Å²) in [5.74, 6) is 0.521. The molecule has 88 valence electrons. The molecule has 1 aromatic rings. The zero-order chi connectivity index (χ0) is 11.7. The van der Waals surface area contributed by atoms with E-state index in [2.05, 4.69) is 0 Å². The van der Waals surface area contributed by atoms with Gasteiger partial charge in [0.15, 0.2) is 0 Å². The average molecular weight is 263 g/mol. The number of aliphatic hydroxyl groups excluding tert-OH is 1. The summed E-state index contributed by atoms with van der Waals surface area (Å²) in [7, 11) is 1.54. The van der Waals surface area contributed by atoms with Gasteiger partial charge in [0, 0.05) is 24.6 Å². The van der Waals surface area contributed by atoms with Gasteiger partial charge in [-0.05, 0) is 12.1 Å².